The number of nitrogens with one attached hydrogen (secondary N) is 1. The molecule has 1 aliphatic heterocycles. The summed E-state index contributed by atoms with van der Waals surface area (Å²) in [5.74, 6) is -1.19. The number of morpholine rings is 1. The molecular weight excluding hydrogens is 211 g/mol. The maximum Gasteiger partial charge on any atom is 0.166 e. The number of nitriles is 1. The fourth-order valence-corrected chi connectivity index (χ4v) is 1.72. The number of hydrogen-bond acceptors (Lipinski definition) is 4. The summed E-state index contributed by atoms with van der Waals surface area (Å²) in [7, 11) is 0. The molecule has 0 aromatic heterocycles. The summed E-state index contributed by atoms with van der Waals surface area (Å²) in [6.45, 7) is 1.60. The van der Waals surface area contributed by atoms with Gasteiger partial charge in [-0.2, -0.15) is 5.26 Å². The molecule has 1 fully saturated rings. The van der Waals surface area contributed by atoms with E-state index < -0.39 is 11.6 Å². The normalized spacial score (nSPS) is 20.4. The lowest BCUT2D eigenvalue weighted by atomic mass is 10.0. The van der Waals surface area contributed by atoms with Gasteiger partial charge >= 0.3 is 0 Å². The van der Waals surface area contributed by atoms with Crippen LogP contribution in [0, 0.1) is 17.1 Å². The number of hydrogen-bond donors (Lipinski definition) is 2. The molecule has 0 saturated carbocycles. The minimum Gasteiger partial charge on any atom is -0.505 e. The highest BCUT2D eigenvalue weighted by molar-refractivity contribution is 5.44. The standard InChI is InChI=1S/C11H11FN2O2/c12-9-4-7(5-13)3-8(11(9)15)10-6-16-2-1-14-10/h3-4,10,14-15H,1-2,6H2/t10-/m0/s1. The van der Waals surface area contributed by atoms with Crippen LogP contribution >= 0.6 is 0 Å². The first kappa shape index (κ1) is 10.9. The highest BCUT2D eigenvalue weighted by atomic mass is 19.1. The molecule has 0 bridgehead atoms. The van der Waals surface area contributed by atoms with Gasteiger partial charge in [-0.1, -0.05) is 0 Å². The first-order valence-corrected chi connectivity index (χ1v) is 4.96. The van der Waals surface area contributed by atoms with Crippen molar-refractivity contribution in [3.05, 3.63) is 29.1 Å². The number of aromatic hydroxyl groups is 1. The molecule has 1 saturated heterocycles. The minimum atomic E-state index is -0.776. The monoisotopic (exact) mass is 222 g/mol. The highest BCUT2D eigenvalue weighted by Crippen LogP contribution is 2.29. The van der Waals surface area contributed by atoms with Crippen LogP contribution in [0.15, 0.2) is 12.1 Å². The summed E-state index contributed by atoms with van der Waals surface area (Å²) in [6.07, 6.45) is 0. The van der Waals surface area contributed by atoms with Gasteiger partial charge in [-0.3, -0.25) is 0 Å². The van der Waals surface area contributed by atoms with E-state index in [2.05, 4.69) is 5.32 Å². The Bertz CT molecular complexity index is 436. The number of halogens is 1. The Hall–Kier alpha value is -1.64. The van der Waals surface area contributed by atoms with E-state index in [1.165, 1.54) is 6.07 Å². The first-order chi connectivity index (χ1) is 7.72. The van der Waals surface area contributed by atoms with E-state index in [1.807, 2.05) is 6.07 Å². The van der Waals surface area contributed by atoms with E-state index in [1.54, 1.807) is 0 Å². The molecule has 4 nitrogen and oxygen atoms in total. The van der Waals surface area contributed by atoms with Crippen LogP contribution in [0.5, 0.6) is 5.75 Å². The smallest absolute Gasteiger partial charge is 0.166 e. The summed E-state index contributed by atoms with van der Waals surface area (Å²) in [5, 5.41) is 21.4. The molecule has 1 aromatic rings. The molecule has 0 amide bonds. The zero-order valence-electron chi connectivity index (χ0n) is 8.53. The van der Waals surface area contributed by atoms with Gasteiger partial charge < -0.3 is 15.2 Å². The number of phenolic OH excluding ortho intramolecular Hbond substituents is 1. The Kier molecular flexibility index (Phi) is 3.04. The fourth-order valence-electron chi connectivity index (χ4n) is 1.72. The van der Waals surface area contributed by atoms with Crippen LogP contribution in [-0.2, 0) is 4.74 Å². The van der Waals surface area contributed by atoms with E-state index in [0.717, 1.165) is 6.07 Å². The molecule has 2 rings (SSSR count). The van der Waals surface area contributed by atoms with Gasteiger partial charge in [-0.25, -0.2) is 4.39 Å². The molecule has 1 atom stereocenters. The van der Waals surface area contributed by atoms with Crippen molar-refractivity contribution in [3.63, 3.8) is 0 Å². The van der Waals surface area contributed by atoms with Gasteiger partial charge in [0.15, 0.2) is 11.6 Å². The Morgan fingerprint density at radius 1 is 1.56 bits per heavy atom. The van der Waals surface area contributed by atoms with E-state index in [0.29, 0.717) is 25.3 Å². The molecule has 16 heavy (non-hydrogen) atoms. The van der Waals surface area contributed by atoms with E-state index in [-0.39, 0.29) is 11.6 Å². The number of nitrogens with zero attached hydrogens (tertiary/aromatic N) is 1. The van der Waals surface area contributed by atoms with Gasteiger partial charge in [-0.05, 0) is 12.1 Å². The second kappa shape index (κ2) is 4.47. The average molecular weight is 222 g/mol. The van der Waals surface area contributed by atoms with Crippen LogP contribution in [0.25, 0.3) is 0 Å². The summed E-state index contributed by atoms with van der Waals surface area (Å²) in [4.78, 5) is 0. The van der Waals surface area contributed by atoms with Gasteiger partial charge in [0.25, 0.3) is 0 Å². The Balaban J connectivity index is 2.38. The van der Waals surface area contributed by atoms with Crippen molar-refractivity contribution in [1.82, 2.24) is 5.32 Å². The predicted molar refractivity (Wildman–Crippen MR) is 54.3 cm³/mol. The molecule has 1 aliphatic rings. The Morgan fingerprint density at radius 2 is 2.38 bits per heavy atom. The largest absolute Gasteiger partial charge is 0.505 e. The SMILES string of the molecule is N#Cc1cc(F)c(O)c([C@@H]2COCCN2)c1. The van der Waals surface area contributed by atoms with Gasteiger partial charge in [0.1, 0.15) is 0 Å². The number of rotatable bonds is 1. The van der Waals surface area contributed by atoms with Crippen LogP contribution in [0.4, 0.5) is 4.39 Å². The summed E-state index contributed by atoms with van der Waals surface area (Å²) >= 11 is 0. The number of phenols is 1. The van der Waals surface area contributed by atoms with Crippen LogP contribution in [-0.4, -0.2) is 24.9 Å². The first-order valence-electron chi connectivity index (χ1n) is 4.96. The molecule has 1 aromatic carbocycles. The second-order valence-corrected chi connectivity index (χ2v) is 3.59. The van der Waals surface area contributed by atoms with Gasteiger partial charge in [0.2, 0.25) is 0 Å². The third-order valence-electron chi connectivity index (χ3n) is 2.52. The molecule has 5 heteroatoms. The molecule has 2 N–H and O–H groups in total. The highest BCUT2D eigenvalue weighted by Gasteiger charge is 2.21. The van der Waals surface area contributed by atoms with Crippen molar-refractivity contribution in [1.29, 1.82) is 5.26 Å². The zero-order chi connectivity index (χ0) is 11.5. The van der Waals surface area contributed by atoms with Crippen molar-refractivity contribution in [2.24, 2.45) is 0 Å². The van der Waals surface area contributed by atoms with Crippen molar-refractivity contribution in [2.45, 2.75) is 6.04 Å². The predicted octanol–water partition coefficient (Wildman–Crippen LogP) is 1.06. The molecule has 84 valence electrons. The zero-order valence-corrected chi connectivity index (χ0v) is 8.53. The maximum absolute atomic E-state index is 13.3. The van der Waals surface area contributed by atoms with Crippen LogP contribution < -0.4 is 5.32 Å². The topological polar surface area (TPSA) is 65.3 Å². The number of ether oxygens (including phenoxy) is 1. The molecule has 0 aliphatic carbocycles. The second-order valence-electron chi connectivity index (χ2n) is 3.59. The van der Waals surface area contributed by atoms with E-state index >= 15 is 0 Å². The van der Waals surface area contributed by atoms with E-state index in [9.17, 15) is 9.50 Å². The molecule has 0 spiro atoms. The van der Waals surface area contributed by atoms with Gasteiger partial charge in [0, 0.05) is 12.1 Å². The fraction of sp³-hybridized carbons (Fsp3) is 0.364. The van der Waals surface area contributed by atoms with Crippen molar-refractivity contribution in [2.75, 3.05) is 19.8 Å². The Labute approximate surface area is 92.3 Å². The number of benzene rings is 1. The van der Waals surface area contributed by atoms with Crippen LogP contribution in [0.2, 0.25) is 0 Å². The summed E-state index contributed by atoms with van der Waals surface area (Å²) in [6, 6.07) is 4.08. The lowest BCUT2D eigenvalue weighted by molar-refractivity contribution is 0.0759. The van der Waals surface area contributed by atoms with Crippen molar-refractivity contribution >= 4 is 0 Å². The molecule has 1 heterocycles. The molecule has 0 unspecified atom stereocenters. The van der Waals surface area contributed by atoms with Crippen LogP contribution in [0.3, 0.4) is 0 Å². The molecular formula is C11H11FN2O2. The summed E-state index contributed by atoms with van der Waals surface area (Å²) in [5.41, 5.74) is 0.564. The summed E-state index contributed by atoms with van der Waals surface area (Å²) < 4.78 is 18.5. The third-order valence-corrected chi connectivity index (χ3v) is 2.52. The lowest BCUT2D eigenvalue weighted by Gasteiger charge is -2.24. The Morgan fingerprint density at radius 3 is 3.00 bits per heavy atom. The van der Waals surface area contributed by atoms with Gasteiger partial charge in [0.05, 0.1) is 30.9 Å². The quantitative estimate of drug-likeness (QED) is 0.745. The van der Waals surface area contributed by atoms with Crippen LogP contribution in [0.1, 0.15) is 17.2 Å². The van der Waals surface area contributed by atoms with Crippen molar-refractivity contribution < 1.29 is 14.2 Å². The average Bonchev–Trinajstić information content (AvgIpc) is 2.33. The van der Waals surface area contributed by atoms with Gasteiger partial charge in [-0.15, -0.1) is 0 Å². The molecule has 0 radical (unpaired) electrons. The third kappa shape index (κ3) is 1.98. The minimum absolute atomic E-state index is 0.192. The van der Waals surface area contributed by atoms with Crippen molar-refractivity contribution in [3.8, 4) is 11.8 Å². The lowest BCUT2D eigenvalue weighted by Crippen LogP contribution is -2.34. The maximum atomic E-state index is 13.3. The van der Waals surface area contributed by atoms with E-state index in [4.69, 9.17) is 10.00 Å².